The lowest BCUT2D eigenvalue weighted by Gasteiger charge is -2.27. The van der Waals surface area contributed by atoms with Gasteiger partial charge in [-0.25, -0.2) is 0 Å². The Kier molecular flexibility index (Phi) is 7.19. The average Bonchev–Trinajstić information content (AvgIpc) is 3.39. The van der Waals surface area contributed by atoms with Gasteiger partial charge in [-0.1, -0.05) is 54.9 Å². The first-order valence-electron chi connectivity index (χ1n) is 11.3. The van der Waals surface area contributed by atoms with Gasteiger partial charge >= 0.3 is 0 Å². The molecule has 0 radical (unpaired) electrons. The van der Waals surface area contributed by atoms with Gasteiger partial charge in [-0.2, -0.15) is 4.98 Å². The zero-order valence-electron chi connectivity index (χ0n) is 18.5. The van der Waals surface area contributed by atoms with Crippen molar-refractivity contribution < 1.29 is 13.7 Å². The summed E-state index contributed by atoms with van der Waals surface area (Å²) in [6.45, 7) is 4.32. The van der Waals surface area contributed by atoms with Crippen molar-refractivity contribution in [1.82, 2.24) is 15.5 Å². The molecule has 9 heteroatoms. The monoisotopic (exact) mass is 459 g/mol. The lowest BCUT2D eigenvalue weighted by Crippen LogP contribution is -2.46. The summed E-state index contributed by atoms with van der Waals surface area (Å²) in [4.78, 5) is 17.7. The van der Waals surface area contributed by atoms with E-state index in [0.29, 0.717) is 40.4 Å². The molecule has 1 saturated carbocycles. The topological polar surface area (TPSA) is 105 Å². The van der Waals surface area contributed by atoms with E-state index in [0.717, 1.165) is 25.0 Å². The van der Waals surface area contributed by atoms with Crippen molar-refractivity contribution >= 4 is 40.4 Å². The first kappa shape index (κ1) is 22.5. The molecule has 8 nitrogen and oxygen atoms in total. The minimum Gasteiger partial charge on any atom is -0.422 e. The van der Waals surface area contributed by atoms with Gasteiger partial charge in [0, 0.05) is 18.7 Å². The standard InChI is InChI=1S/C23H30ClN5O3/c1-14(13-25-20-11-15(2)32-29-20)26-22(30)19(12-16-7-4-3-5-8-16)28-23-27-18-10-6-9-17(24)21(18)31-23/h6,9-11,14,16,19H,3-5,7-8,12-13H2,1-2H3,(H,25,29)(H,26,30)(H,27,28)/t14-,19?/m0/s1. The summed E-state index contributed by atoms with van der Waals surface area (Å²) < 4.78 is 10.9. The fraction of sp³-hybridized carbons (Fsp3) is 0.522. The van der Waals surface area contributed by atoms with Crippen LogP contribution >= 0.6 is 11.6 Å². The Labute approximate surface area is 192 Å². The van der Waals surface area contributed by atoms with Crippen LogP contribution in [0.5, 0.6) is 0 Å². The van der Waals surface area contributed by atoms with E-state index in [1.54, 1.807) is 6.07 Å². The minimum atomic E-state index is -0.443. The van der Waals surface area contributed by atoms with Crippen LogP contribution in [0.15, 0.2) is 33.2 Å². The number of halogens is 1. The van der Waals surface area contributed by atoms with Crippen molar-refractivity contribution in [2.24, 2.45) is 5.92 Å². The highest BCUT2D eigenvalue weighted by molar-refractivity contribution is 6.34. The number of nitrogens with zero attached hydrogens (tertiary/aromatic N) is 2. The third-order valence-corrected chi connectivity index (χ3v) is 6.18. The Morgan fingerprint density at radius 3 is 2.81 bits per heavy atom. The summed E-state index contributed by atoms with van der Waals surface area (Å²) in [5.74, 6) is 1.82. The molecular weight excluding hydrogens is 430 g/mol. The van der Waals surface area contributed by atoms with Crippen LogP contribution in [-0.2, 0) is 4.79 Å². The van der Waals surface area contributed by atoms with Crippen LogP contribution in [0.1, 0.15) is 51.2 Å². The number of anilines is 2. The Balaban J connectivity index is 1.42. The minimum absolute atomic E-state index is 0.0745. The molecule has 32 heavy (non-hydrogen) atoms. The third kappa shape index (κ3) is 5.73. The molecule has 0 saturated heterocycles. The van der Waals surface area contributed by atoms with E-state index in [-0.39, 0.29) is 11.9 Å². The molecule has 1 aliphatic carbocycles. The van der Waals surface area contributed by atoms with Crippen molar-refractivity contribution in [2.45, 2.75) is 64.5 Å². The highest BCUT2D eigenvalue weighted by Crippen LogP contribution is 2.30. The number of fused-ring (bicyclic) bond motifs is 1. The van der Waals surface area contributed by atoms with E-state index in [4.69, 9.17) is 20.5 Å². The summed E-state index contributed by atoms with van der Waals surface area (Å²) in [5, 5.41) is 13.9. The first-order valence-corrected chi connectivity index (χ1v) is 11.6. The predicted octanol–water partition coefficient (Wildman–Crippen LogP) is 5.15. The van der Waals surface area contributed by atoms with Crippen molar-refractivity contribution in [2.75, 3.05) is 17.2 Å². The molecule has 2 heterocycles. The molecule has 3 N–H and O–H groups in total. The molecule has 2 aromatic heterocycles. The number of hydrogen-bond acceptors (Lipinski definition) is 7. The Morgan fingerprint density at radius 1 is 1.28 bits per heavy atom. The van der Waals surface area contributed by atoms with Gasteiger partial charge < -0.3 is 24.9 Å². The van der Waals surface area contributed by atoms with Crippen LogP contribution in [0.25, 0.3) is 11.1 Å². The predicted molar refractivity (Wildman–Crippen MR) is 125 cm³/mol. The van der Waals surface area contributed by atoms with E-state index < -0.39 is 6.04 Å². The van der Waals surface area contributed by atoms with Crippen molar-refractivity contribution in [3.63, 3.8) is 0 Å². The first-order chi connectivity index (χ1) is 15.5. The van der Waals surface area contributed by atoms with Gasteiger partial charge in [0.2, 0.25) is 5.91 Å². The van der Waals surface area contributed by atoms with Crippen LogP contribution in [0.2, 0.25) is 5.02 Å². The maximum atomic E-state index is 13.2. The van der Waals surface area contributed by atoms with Gasteiger partial charge in [0.05, 0.1) is 5.02 Å². The van der Waals surface area contributed by atoms with Gasteiger partial charge in [0.25, 0.3) is 6.01 Å². The summed E-state index contributed by atoms with van der Waals surface area (Å²) in [5.41, 5.74) is 1.19. The van der Waals surface area contributed by atoms with Crippen LogP contribution in [-0.4, -0.2) is 34.7 Å². The molecule has 4 rings (SSSR count). The van der Waals surface area contributed by atoms with Crippen molar-refractivity contribution in [3.05, 3.63) is 35.0 Å². The quantitative estimate of drug-likeness (QED) is 0.406. The third-order valence-electron chi connectivity index (χ3n) is 5.88. The number of para-hydroxylation sites is 1. The fourth-order valence-corrected chi connectivity index (χ4v) is 4.42. The lowest BCUT2D eigenvalue weighted by atomic mass is 9.84. The smallest absolute Gasteiger partial charge is 0.296 e. The summed E-state index contributed by atoms with van der Waals surface area (Å²) >= 11 is 6.22. The molecule has 1 aromatic carbocycles. The Bertz CT molecular complexity index is 1040. The molecule has 1 fully saturated rings. The molecule has 0 spiro atoms. The molecule has 172 valence electrons. The second-order valence-corrected chi connectivity index (χ2v) is 9.06. The zero-order chi connectivity index (χ0) is 22.5. The number of carbonyl (C=O) groups excluding carboxylic acids is 1. The van der Waals surface area contributed by atoms with E-state index >= 15 is 0 Å². The van der Waals surface area contributed by atoms with Crippen LogP contribution in [0, 0.1) is 12.8 Å². The van der Waals surface area contributed by atoms with E-state index in [9.17, 15) is 4.79 Å². The van der Waals surface area contributed by atoms with E-state index in [2.05, 4.69) is 26.1 Å². The van der Waals surface area contributed by atoms with Crippen molar-refractivity contribution in [1.29, 1.82) is 0 Å². The van der Waals surface area contributed by atoms with Gasteiger partial charge in [0.15, 0.2) is 11.4 Å². The molecule has 0 bridgehead atoms. The largest absolute Gasteiger partial charge is 0.422 e. The van der Waals surface area contributed by atoms with Gasteiger partial charge in [-0.05, 0) is 38.3 Å². The Hall–Kier alpha value is -2.74. The Morgan fingerprint density at radius 2 is 2.09 bits per heavy atom. The second kappa shape index (κ2) is 10.3. The number of benzene rings is 1. The number of oxazole rings is 1. The summed E-state index contributed by atoms with van der Waals surface area (Å²) in [7, 11) is 0. The number of nitrogens with one attached hydrogen (secondary N) is 3. The van der Waals surface area contributed by atoms with Crippen LogP contribution in [0.4, 0.5) is 11.8 Å². The highest BCUT2D eigenvalue weighted by atomic mass is 35.5. The maximum Gasteiger partial charge on any atom is 0.296 e. The summed E-state index contributed by atoms with van der Waals surface area (Å²) in [6.07, 6.45) is 6.74. The number of carbonyl (C=O) groups is 1. The highest BCUT2D eigenvalue weighted by Gasteiger charge is 2.27. The molecule has 1 unspecified atom stereocenters. The second-order valence-electron chi connectivity index (χ2n) is 8.66. The number of hydrogen-bond donors (Lipinski definition) is 3. The molecule has 2 atom stereocenters. The number of aryl methyl sites for hydroxylation is 1. The van der Waals surface area contributed by atoms with E-state index in [1.165, 1.54) is 19.3 Å². The number of amides is 1. The maximum absolute atomic E-state index is 13.2. The fourth-order valence-electron chi connectivity index (χ4n) is 4.22. The average molecular weight is 460 g/mol. The number of rotatable bonds is 9. The molecule has 0 aliphatic heterocycles. The zero-order valence-corrected chi connectivity index (χ0v) is 19.2. The molecule has 1 amide bonds. The van der Waals surface area contributed by atoms with Crippen LogP contribution < -0.4 is 16.0 Å². The van der Waals surface area contributed by atoms with Gasteiger partial charge in [-0.3, -0.25) is 4.79 Å². The van der Waals surface area contributed by atoms with Gasteiger partial charge in [-0.15, -0.1) is 0 Å². The molecule has 3 aromatic rings. The van der Waals surface area contributed by atoms with E-state index in [1.807, 2.05) is 32.0 Å². The van der Waals surface area contributed by atoms with Crippen LogP contribution in [0.3, 0.4) is 0 Å². The molecular formula is C23H30ClN5O3. The number of aromatic nitrogens is 2. The van der Waals surface area contributed by atoms with Crippen molar-refractivity contribution in [3.8, 4) is 0 Å². The lowest BCUT2D eigenvalue weighted by molar-refractivity contribution is -0.122. The normalized spacial score (nSPS) is 16.6. The molecule has 1 aliphatic rings. The summed E-state index contributed by atoms with van der Waals surface area (Å²) in [6, 6.07) is 7.01. The SMILES string of the molecule is Cc1cc(NC[C@H](C)NC(=O)C(CC2CCCCC2)Nc2nc3cccc(Cl)c3o2)no1. The van der Waals surface area contributed by atoms with Gasteiger partial charge in [0.1, 0.15) is 17.3 Å².